The van der Waals surface area contributed by atoms with Gasteiger partial charge in [-0.3, -0.25) is 0 Å². The molecule has 21 heavy (non-hydrogen) atoms. The molecule has 0 saturated heterocycles. The minimum absolute atomic E-state index is 0.00699. The maximum absolute atomic E-state index is 12.0. The van der Waals surface area contributed by atoms with Gasteiger partial charge in [0.2, 0.25) is 0 Å². The van der Waals surface area contributed by atoms with Crippen LogP contribution in [0, 0.1) is 5.41 Å². The Kier molecular flexibility index (Phi) is 5.27. The maximum Gasteiger partial charge on any atom is 0.178 e. The van der Waals surface area contributed by atoms with Crippen molar-refractivity contribution in [3.05, 3.63) is 24.3 Å². The van der Waals surface area contributed by atoms with Gasteiger partial charge in [-0.05, 0) is 43.5 Å². The van der Waals surface area contributed by atoms with Crippen LogP contribution in [0.1, 0.15) is 39.0 Å². The minimum Gasteiger partial charge on any atom is -0.396 e. The molecular weight excluding hydrogens is 286 g/mol. The summed E-state index contributed by atoms with van der Waals surface area (Å²) in [6.07, 6.45) is 5.09. The monoisotopic (exact) mass is 311 g/mol. The SMILES string of the molecule is CCCS(=O)(=O)c1ccc(NCC2(CO)CCCC2)cc1. The van der Waals surface area contributed by atoms with Gasteiger partial charge in [0.05, 0.1) is 17.3 Å². The molecule has 5 heteroatoms. The Morgan fingerprint density at radius 1 is 1.19 bits per heavy atom. The summed E-state index contributed by atoms with van der Waals surface area (Å²) in [5, 5.41) is 12.9. The zero-order valence-electron chi connectivity index (χ0n) is 12.6. The van der Waals surface area contributed by atoms with Crippen molar-refractivity contribution >= 4 is 15.5 Å². The molecular formula is C16H25NO3S. The molecule has 4 nitrogen and oxygen atoms in total. The molecule has 0 heterocycles. The quantitative estimate of drug-likeness (QED) is 0.812. The second-order valence-electron chi connectivity index (χ2n) is 6.06. The second-order valence-corrected chi connectivity index (χ2v) is 8.17. The largest absolute Gasteiger partial charge is 0.396 e. The Bertz CT molecular complexity index is 545. The molecule has 118 valence electrons. The van der Waals surface area contributed by atoms with Crippen LogP contribution in [-0.2, 0) is 9.84 Å². The van der Waals surface area contributed by atoms with Crippen LogP contribution in [0.2, 0.25) is 0 Å². The van der Waals surface area contributed by atoms with E-state index in [9.17, 15) is 13.5 Å². The van der Waals surface area contributed by atoms with Crippen LogP contribution < -0.4 is 5.32 Å². The summed E-state index contributed by atoms with van der Waals surface area (Å²) >= 11 is 0. The van der Waals surface area contributed by atoms with Gasteiger partial charge in [0.25, 0.3) is 0 Å². The molecule has 0 atom stereocenters. The molecule has 1 saturated carbocycles. The van der Waals surface area contributed by atoms with Gasteiger partial charge >= 0.3 is 0 Å². The molecule has 0 radical (unpaired) electrons. The number of sulfone groups is 1. The molecule has 0 spiro atoms. The van der Waals surface area contributed by atoms with E-state index in [4.69, 9.17) is 0 Å². The molecule has 2 rings (SSSR count). The van der Waals surface area contributed by atoms with Gasteiger partial charge in [0.1, 0.15) is 0 Å². The molecule has 1 fully saturated rings. The van der Waals surface area contributed by atoms with Gasteiger partial charge in [0, 0.05) is 17.6 Å². The van der Waals surface area contributed by atoms with Crippen LogP contribution in [0.25, 0.3) is 0 Å². The third kappa shape index (κ3) is 3.98. The molecule has 1 aliphatic rings. The molecule has 0 bridgehead atoms. The molecule has 0 unspecified atom stereocenters. The van der Waals surface area contributed by atoms with E-state index in [2.05, 4.69) is 5.32 Å². The van der Waals surface area contributed by atoms with E-state index in [0.717, 1.165) is 25.1 Å². The third-order valence-corrected chi connectivity index (χ3v) is 6.29. The number of benzene rings is 1. The zero-order valence-corrected chi connectivity index (χ0v) is 13.5. The van der Waals surface area contributed by atoms with E-state index >= 15 is 0 Å². The van der Waals surface area contributed by atoms with Crippen LogP contribution in [0.3, 0.4) is 0 Å². The van der Waals surface area contributed by atoms with Crippen LogP contribution in [0.4, 0.5) is 5.69 Å². The number of rotatable bonds is 7. The van der Waals surface area contributed by atoms with E-state index in [1.54, 1.807) is 12.1 Å². The van der Waals surface area contributed by atoms with Gasteiger partial charge in [-0.1, -0.05) is 19.8 Å². The predicted molar refractivity (Wildman–Crippen MR) is 85.3 cm³/mol. The van der Waals surface area contributed by atoms with Crippen LogP contribution in [-0.4, -0.2) is 32.4 Å². The molecule has 2 N–H and O–H groups in total. The molecule has 1 aromatic rings. The van der Waals surface area contributed by atoms with Crippen molar-refractivity contribution in [2.24, 2.45) is 5.41 Å². The van der Waals surface area contributed by atoms with E-state index < -0.39 is 9.84 Å². The summed E-state index contributed by atoms with van der Waals surface area (Å²) in [4.78, 5) is 0.382. The number of nitrogens with one attached hydrogen (secondary N) is 1. The minimum atomic E-state index is -3.14. The number of aliphatic hydroxyl groups excluding tert-OH is 1. The highest BCUT2D eigenvalue weighted by molar-refractivity contribution is 7.91. The highest BCUT2D eigenvalue weighted by Crippen LogP contribution is 2.37. The molecule has 0 aliphatic heterocycles. The number of aliphatic hydroxyl groups is 1. The Hall–Kier alpha value is -1.07. The fraction of sp³-hybridized carbons (Fsp3) is 0.625. The van der Waals surface area contributed by atoms with Crippen LogP contribution in [0.5, 0.6) is 0 Å². The van der Waals surface area contributed by atoms with Crippen molar-refractivity contribution in [3.8, 4) is 0 Å². The third-order valence-electron chi connectivity index (χ3n) is 4.35. The van der Waals surface area contributed by atoms with Crippen molar-refractivity contribution in [1.82, 2.24) is 0 Å². The van der Waals surface area contributed by atoms with Crippen LogP contribution in [0.15, 0.2) is 29.2 Å². The normalized spacial score (nSPS) is 17.8. The highest BCUT2D eigenvalue weighted by atomic mass is 32.2. The lowest BCUT2D eigenvalue weighted by Gasteiger charge is -2.27. The maximum atomic E-state index is 12.0. The van der Waals surface area contributed by atoms with Crippen molar-refractivity contribution in [2.75, 3.05) is 24.2 Å². The zero-order chi connectivity index (χ0) is 15.3. The van der Waals surface area contributed by atoms with E-state index in [1.807, 2.05) is 19.1 Å². The second kappa shape index (κ2) is 6.79. The predicted octanol–water partition coefficient (Wildman–Crippen LogP) is 2.83. The summed E-state index contributed by atoms with van der Waals surface area (Å²) < 4.78 is 23.9. The smallest absolute Gasteiger partial charge is 0.178 e. The molecule has 0 amide bonds. The Labute approximate surface area is 127 Å². The van der Waals surface area contributed by atoms with Crippen molar-refractivity contribution in [3.63, 3.8) is 0 Å². The fourth-order valence-corrected chi connectivity index (χ4v) is 4.30. The van der Waals surface area contributed by atoms with Gasteiger partial charge in [-0.2, -0.15) is 0 Å². The fourth-order valence-electron chi connectivity index (χ4n) is 2.97. The van der Waals surface area contributed by atoms with Gasteiger partial charge in [-0.15, -0.1) is 0 Å². The first-order valence-electron chi connectivity index (χ1n) is 7.69. The Balaban J connectivity index is 2.00. The van der Waals surface area contributed by atoms with E-state index in [0.29, 0.717) is 11.3 Å². The van der Waals surface area contributed by atoms with E-state index in [-0.39, 0.29) is 17.8 Å². The number of hydrogen-bond donors (Lipinski definition) is 2. The van der Waals surface area contributed by atoms with Gasteiger partial charge < -0.3 is 10.4 Å². The highest BCUT2D eigenvalue weighted by Gasteiger charge is 2.32. The van der Waals surface area contributed by atoms with Gasteiger partial charge in [0.15, 0.2) is 9.84 Å². The summed E-state index contributed by atoms with van der Waals surface area (Å²) in [6, 6.07) is 6.94. The molecule has 1 aliphatic carbocycles. The average molecular weight is 311 g/mol. The van der Waals surface area contributed by atoms with Gasteiger partial charge in [-0.25, -0.2) is 8.42 Å². The summed E-state index contributed by atoms with van der Waals surface area (Å²) in [5.74, 6) is 0.188. The summed E-state index contributed by atoms with van der Waals surface area (Å²) in [6.45, 7) is 2.82. The first-order chi connectivity index (χ1) is 10.0. The van der Waals surface area contributed by atoms with Crippen molar-refractivity contribution in [2.45, 2.75) is 43.9 Å². The first-order valence-corrected chi connectivity index (χ1v) is 9.34. The average Bonchev–Trinajstić information content (AvgIpc) is 2.95. The lowest BCUT2D eigenvalue weighted by molar-refractivity contribution is 0.142. The van der Waals surface area contributed by atoms with Crippen molar-refractivity contribution in [1.29, 1.82) is 0 Å². The lowest BCUT2D eigenvalue weighted by Crippen LogP contribution is -2.30. The number of hydrogen-bond acceptors (Lipinski definition) is 4. The topological polar surface area (TPSA) is 66.4 Å². The van der Waals surface area contributed by atoms with Crippen LogP contribution >= 0.6 is 0 Å². The van der Waals surface area contributed by atoms with E-state index in [1.165, 1.54) is 12.8 Å². The molecule has 1 aromatic carbocycles. The first kappa shape index (κ1) is 16.3. The summed E-state index contributed by atoms with van der Waals surface area (Å²) in [5.41, 5.74) is 0.901. The number of anilines is 1. The van der Waals surface area contributed by atoms with Crippen molar-refractivity contribution < 1.29 is 13.5 Å². The Morgan fingerprint density at radius 2 is 1.81 bits per heavy atom. The lowest BCUT2D eigenvalue weighted by atomic mass is 9.87. The molecule has 0 aromatic heterocycles. The standard InChI is InChI=1S/C16H25NO3S/c1-2-11-21(19,20)15-7-5-14(6-8-15)17-12-16(13-18)9-3-4-10-16/h5-8,17-18H,2-4,9-13H2,1H3. The summed E-state index contributed by atoms with van der Waals surface area (Å²) in [7, 11) is -3.14. The Morgan fingerprint density at radius 3 is 2.33 bits per heavy atom.